The zero-order valence-electron chi connectivity index (χ0n) is 13.9. The molecule has 1 saturated carbocycles. The van der Waals surface area contributed by atoms with Crippen molar-refractivity contribution in [3.63, 3.8) is 0 Å². The Morgan fingerprint density at radius 2 is 2.13 bits per heavy atom. The second kappa shape index (κ2) is 7.16. The molecule has 0 unspecified atom stereocenters. The number of methoxy groups -OCH3 is 1. The molecule has 0 bridgehead atoms. The molecule has 1 aromatic rings. The van der Waals surface area contributed by atoms with Crippen LogP contribution in [0, 0.1) is 11.2 Å². The third kappa shape index (κ3) is 3.23. The van der Waals surface area contributed by atoms with Gasteiger partial charge in [0.2, 0.25) is 0 Å². The smallest absolute Gasteiger partial charge is 0.165 e. The fourth-order valence-corrected chi connectivity index (χ4v) is 3.95. The van der Waals surface area contributed by atoms with Crippen LogP contribution in [0.25, 0.3) is 0 Å². The molecule has 5 heteroatoms. The van der Waals surface area contributed by atoms with Crippen molar-refractivity contribution >= 4 is 0 Å². The summed E-state index contributed by atoms with van der Waals surface area (Å²) in [6.45, 7) is 5.07. The molecule has 1 heterocycles. The van der Waals surface area contributed by atoms with Gasteiger partial charge in [0.15, 0.2) is 11.6 Å². The van der Waals surface area contributed by atoms with E-state index in [9.17, 15) is 4.39 Å². The number of benzene rings is 1. The maximum atomic E-state index is 13.8. The quantitative estimate of drug-likeness (QED) is 0.874. The molecule has 2 fully saturated rings. The average molecular weight is 323 g/mol. The number of hydrogen-bond acceptors (Lipinski definition) is 4. The highest BCUT2D eigenvalue weighted by Crippen LogP contribution is 2.50. The van der Waals surface area contributed by atoms with E-state index in [1.54, 1.807) is 12.1 Å². The molecule has 2 aliphatic rings. The molecule has 1 aliphatic carbocycles. The molecule has 1 aromatic carbocycles. The Morgan fingerprint density at radius 1 is 1.35 bits per heavy atom. The van der Waals surface area contributed by atoms with E-state index in [4.69, 9.17) is 14.2 Å². The minimum atomic E-state index is -0.312. The van der Waals surface area contributed by atoms with Gasteiger partial charge in [0.05, 0.1) is 13.2 Å². The molecule has 1 aliphatic heterocycles. The van der Waals surface area contributed by atoms with Gasteiger partial charge in [-0.05, 0) is 43.9 Å². The van der Waals surface area contributed by atoms with Crippen molar-refractivity contribution in [3.8, 4) is 5.75 Å². The van der Waals surface area contributed by atoms with E-state index < -0.39 is 0 Å². The number of halogens is 1. The van der Waals surface area contributed by atoms with Crippen LogP contribution in [0.5, 0.6) is 5.75 Å². The first-order valence-electron chi connectivity index (χ1n) is 8.44. The van der Waals surface area contributed by atoms with Crippen LogP contribution < -0.4 is 10.1 Å². The van der Waals surface area contributed by atoms with Crippen LogP contribution >= 0.6 is 0 Å². The summed E-state index contributed by atoms with van der Waals surface area (Å²) in [5, 5.41) is 3.61. The lowest BCUT2D eigenvalue weighted by Crippen LogP contribution is -2.65. The molecule has 2 atom stereocenters. The SMILES string of the molecule is CCO[C@@H]1C[C@@H](NCc2ccc(OC)c(F)c2)C12CCOCC2. The summed E-state index contributed by atoms with van der Waals surface area (Å²) in [6, 6.07) is 5.54. The lowest BCUT2D eigenvalue weighted by Gasteiger charge is -2.57. The lowest BCUT2D eigenvalue weighted by molar-refractivity contribution is -0.173. The predicted molar refractivity (Wildman–Crippen MR) is 86.1 cm³/mol. The van der Waals surface area contributed by atoms with Gasteiger partial charge in [0, 0.05) is 37.8 Å². The van der Waals surface area contributed by atoms with Gasteiger partial charge in [-0.15, -0.1) is 0 Å². The maximum absolute atomic E-state index is 13.8. The van der Waals surface area contributed by atoms with Crippen molar-refractivity contribution in [1.29, 1.82) is 0 Å². The van der Waals surface area contributed by atoms with Gasteiger partial charge >= 0.3 is 0 Å². The van der Waals surface area contributed by atoms with Crippen LogP contribution in [0.15, 0.2) is 18.2 Å². The van der Waals surface area contributed by atoms with Crippen LogP contribution in [0.4, 0.5) is 4.39 Å². The summed E-state index contributed by atoms with van der Waals surface area (Å²) in [4.78, 5) is 0. The molecule has 3 rings (SSSR count). The molecular weight excluding hydrogens is 297 g/mol. The number of hydrogen-bond donors (Lipinski definition) is 1. The second-order valence-electron chi connectivity index (χ2n) is 6.43. The molecule has 23 heavy (non-hydrogen) atoms. The van der Waals surface area contributed by atoms with E-state index in [-0.39, 0.29) is 17.0 Å². The predicted octanol–water partition coefficient (Wildman–Crippen LogP) is 2.90. The van der Waals surface area contributed by atoms with Crippen molar-refractivity contribution in [3.05, 3.63) is 29.6 Å². The van der Waals surface area contributed by atoms with E-state index in [2.05, 4.69) is 5.32 Å². The van der Waals surface area contributed by atoms with Crippen molar-refractivity contribution in [2.75, 3.05) is 26.9 Å². The molecule has 0 radical (unpaired) electrons. The normalized spacial score (nSPS) is 26.0. The van der Waals surface area contributed by atoms with Gasteiger partial charge in [-0.25, -0.2) is 4.39 Å². The molecule has 1 saturated heterocycles. The molecule has 0 amide bonds. The fourth-order valence-electron chi connectivity index (χ4n) is 3.95. The van der Waals surface area contributed by atoms with Gasteiger partial charge in [0.1, 0.15) is 0 Å². The standard InChI is InChI=1S/C18H26FNO3/c1-3-23-17-11-16(18(17)6-8-22-9-7-18)20-12-13-4-5-15(21-2)14(19)10-13/h4-5,10,16-17,20H,3,6-9,11-12H2,1-2H3/t16-,17-/m1/s1. The Hall–Kier alpha value is -1.17. The summed E-state index contributed by atoms with van der Waals surface area (Å²) >= 11 is 0. The Kier molecular flexibility index (Phi) is 5.19. The monoisotopic (exact) mass is 323 g/mol. The summed E-state index contributed by atoms with van der Waals surface area (Å²) < 4.78 is 30.2. The molecular formula is C18H26FNO3. The van der Waals surface area contributed by atoms with Gasteiger partial charge in [0.25, 0.3) is 0 Å². The molecule has 4 nitrogen and oxygen atoms in total. The van der Waals surface area contributed by atoms with E-state index in [1.807, 2.05) is 13.0 Å². The molecule has 1 spiro atoms. The van der Waals surface area contributed by atoms with Crippen LogP contribution in [-0.2, 0) is 16.0 Å². The number of rotatable bonds is 6. The van der Waals surface area contributed by atoms with E-state index in [0.29, 0.717) is 18.7 Å². The lowest BCUT2D eigenvalue weighted by atomic mass is 9.57. The third-order valence-electron chi connectivity index (χ3n) is 5.35. The van der Waals surface area contributed by atoms with Gasteiger partial charge in [-0.1, -0.05) is 6.07 Å². The molecule has 128 valence electrons. The highest BCUT2D eigenvalue weighted by Gasteiger charge is 2.55. The summed E-state index contributed by atoms with van der Waals surface area (Å²) in [5.41, 5.74) is 1.12. The van der Waals surface area contributed by atoms with Gasteiger partial charge in [-0.3, -0.25) is 0 Å². The van der Waals surface area contributed by atoms with Crippen LogP contribution in [0.1, 0.15) is 31.7 Å². The van der Waals surface area contributed by atoms with Crippen LogP contribution in [0.3, 0.4) is 0 Å². The van der Waals surface area contributed by atoms with E-state index in [1.165, 1.54) is 7.11 Å². The van der Waals surface area contributed by atoms with E-state index >= 15 is 0 Å². The summed E-state index contributed by atoms with van der Waals surface area (Å²) in [5.74, 6) is -0.0249. The van der Waals surface area contributed by atoms with Crippen molar-refractivity contribution < 1.29 is 18.6 Å². The second-order valence-corrected chi connectivity index (χ2v) is 6.43. The summed E-state index contributed by atoms with van der Waals surface area (Å²) in [6.07, 6.45) is 3.41. The van der Waals surface area contributed by atoms with Crippen LogP contribution in [0.2, 0.25) is 0 Å². The summed E-state index contributed by atoms with van der Waals surface area (Å²) in [7, 11) is 1.48. The third-order valence-corrected chi connectivity index (χ3v) is 5.35. The Balaban J connectivity index is 1.62. The first-order valence-corrected chi connectivity index (χ1v) is 8.44. The number of ether oxygens (including phenoxy) is 3. The molecule has 1 N–H and O–H groups in total. The fraction of sp³-hybridized carbons (Fsp3) is 0.667. The minimum absolute atomic E-state index is 0.180. The number of nitrogens with one attached hydrogen (secondary N) is 1. The largest absolute Gasteiger partial charge is 0.494 e. The Labute approximate surface area is 137 Å². The van der Waals surface area contributed by atoms with Gasteiger partial charge in [-0.2, -0.15) is 0 Å². The Bertz CT molecular complexity index is 531. The van der Waals surface area contributed by atoms with Crippen molar-refractivity contribution in [1.82, 2.24) is 5.32 Å². The van der Waals surface area contributed by atoms with Crippen molar-refractivity contribution in [2.45, 2.75) is 44.9 Å². The van der Waals surface area contributed by atoms with Gasteiger partial charge < -0.3 is 19.5 Å². The minimum Gasteiger partial charge on any atom is -0.494 e. The van der Waals surface area contributed by atoms with E-state index in [0.717, 1.165) is 44.6 Å². The first kappa shape index (κ1) is 16.7. The van der Waals surface area contributed by atoms with Crippen LogP contribution in [-0.4, -0.2) is 39.1 Å². The zero-order valence-corrected chi connectivity index (χ0v) is 13.9. The maximum Gasteiger partial charge on any atom is 0.165 e. The zero-order chi connectivity index (χ0) is 16.3. The topological polar surface area (TPSA) is 39.7 Å². The first-order chi connectivity index (χ1) is 11.2. The molecule has 0 aromatic heterocycles. The highest BCUT2D eigenvalue weighted by atomic mass is 19.1. The Morgan fingerprint density at radius 3 is 2.78 bits per heavy atom. The van der Waals surface area contributed by atoms with Crippen molar-refractivity contribution in [2.24, 2.45) is 5.41 Å². The highest BCUT2D eigenvalue weighted by molar-refractivity contribution is 5.29. The average Bonchev–Trinajstić information content (AvgIpc) is 2.58.